The van der Waals surface area contributed by atoms with Crippen LogP contribution in [-0.2, 0) is 38.4 Å². The van der Waals surface area contributed by atoms with Crippen LogP contribution < -0.4 is 21.7 Å². The van der Waals surface area contributed by atoms with E-state index in [1.54, 1.807) is 13.1 Å². The van der Waals surface area contributed by atoms with Gasteiger partial charge >= 0.3 is 5.97 Å². The van der Waals surface area contributed by atoms with Crippen LogP contribution >= 0.6 is 0 Å². The minimum Gasteiger partial charge on any atom is -0.480 e. The second kappa shape index (κ2) is 15.0. The van der Waals surface area contributed by atoms with Gasteiger partial charge in [0.1, 0.15) is 18.1 Å². The summed E-state index contributed by atoms with van der Waals surface area (Å²) in [6, 6.07) is 12.5. The molecule has 0 fully saturated rings. The lowest BCUT2D eigenvalue weighted by Crippen LogP contribution is -2.59. The third-order valence-corrected chi connectivity index (χ3v) is 7.75. The number of imidazole rings is 1. The van der Waals surface area contributed by atoms with Gasteiger partial charge in [-0.05, 0) is 29.5 Å². The molecule has 0 saturated carbocycles. The maximum absolute atomic E-state index is 13.6. The van der Waals surface area contributed by atoms with E-state index in [2.05, 4.69) is 30.9 Å². The van der Waals surface area contributed by atoms with Crippen LogP contribution in [-0.4, -0.2) is 67.9 Å². The highest BCUT2D eigenvalue weighted by Gasteiger charge is 2.33. The van der Waals surface area contributed by atoms with Crippen molar-refractivity contribution in [1.82, 2.24) is 30.9 Å². The molecule has 0 aliphatic carbocycles. The van der Waals surface area contributed by atoms with E-state index in [0.29, 0.717) is 12.1 Å². The average Bonchev–Trinajstić information content (AvgIpc) is 3.69. The molecule has 0 aliphatic rings. The first-order valence-corrected chi connectivity index (χ1v) is 14.6. The molecule has 3 amide bonds. The second-order valence-corrected chi connectivity index (χ2v) is 11.0. The Kier molecular flexibility index (Phi) is 10.9. The van der Waals surface area contributed by atoms with E-state index in [1.165, 1.54) is 12.5 Å². The normalized spacial score (nSPS) is 14.6. The molecule has 5 unspecified atom stereocenters. The predicted octanol–water partition coefficient (Wildman–Crippen LogP) is 1.83. The number of nitrogens with zero attached hydrogens (tertiary/aromatic N) is 1. The number of aromatic amines is 2. The first-order valence-electron chi connectivity index (χ1n) is 14.6. The molecule has 5 atom stereocenters. The summed E-state index contributed by atoms with van der Waals surface area (Å²) in [5, 5.41) is 18.9. The number of fused-ring (bicyclic) bond motifs is 1. The fourth-order valence-electron chi connectivity index (χ4n) is 5.00. The number of H-pyrrole nitrogens is 2. The molecule has 0 saturated heterocycles. The molecule has 44 heavy (non-hydrogen) atoms. The molecule has 12 nitrogen and oxygen atoms in total. The number of nitrogens with two attached hydrogens (primary N) is 1. The Hall–Kier alpha value is -4.97. The molecule has 0 aliphatic heterocycles. The van der Waals surface area contributed by atoms with E-state index in [-0.39, 0.29) is 25.2 Å². The van der Waals surface area contributed by atoms with Gasteiger partial charge in [0.15, 0.2) is 0 Å². The van der Waals surface area contributed by atoms with Crippen LogP contribution in [0.5, 0.6) is 0 Å². The molecule has 2 heterocycles. The van der Waals surface area contributed by atoms with E-state index < -0.39 is 47.9 Å². The molecule has 0 radical (unpaired) electrons. The van der Waals surface area contributed by atoms with Crippen LogP contribution in [0, 0.1) is 5.92 Å². The van der Waals surface area contributed by atoms with Crippen molar-refractivity contribution in [2.45, 2.75) is 63.7 Å². The Morgan fingerprint density at radius 1 is 0.864 bits per heavy atom. The van der Waals surface area contributed by atoms with Gasteiger partial charge in [-0.15, -0.1) is 0 Å². The van der Waals surface area contributed by atoms with Crippen LogP contribution in [0.4, 0.5) is 0 Å². The molecule has 0 spiro atoms. The number of carbonyl (C=O) groups excluding carboxylic acids is 3. The number of aliphatic carboxylic acids is 1. The Morgan fingerprint density at radius 3 is 2.25 bits per heavy atom. The summed E-state index contributed by atoms with van der Waals surface area (Å²) in [4.78, 5) is 62.5. The van der Waals surface area contributed by atoms with Gasteiger partial charge in [-0.3, -0.25) is 14.4 Å². The van der Waals surface area contributed by atoms with Crippen LogP contribution in [0.3, 0.4) is 0 Å². The number of benzene rings is 2. The number of nitrogens with one attached hydrogen (secondary N) is 5. The molecule has 2 aromatic heterocycles. The van der Waals surface area contributed by atoms with E-state index in [4.69, 9.17) is 5.73 Å². The number of para-hydroxylation sites is 1. The van der Waals surface area contributed by atoms with E-state index >= 15 is 0 Å². The summed E-state index contributed by atoms with van der Waals surface area (Å²) in [6.45, 7) is 3.66. The molecule has 2 aromatic carbocycles. The highest BCUT2D eigenvalue weighted by Crippen LogP contribution is 2.19. The van der Waals surface area contributed by atoms with Gasteiger partial charge in [0.05, 0.1) is 12.4 Å². The standard InChI is InChI=1S/C32H39N7O5/c1-3-19(2)28(31(42)38-27(32(43)44)14-21-16-35-25-12-8-7-11-23(21)25)39-30(41)26(15-22-17-34-18-36-22)37-29(40)24(33)13-20-9-5-4-6-10-20/h4-12,16-19,24,26-28,35H,3,13-15,33H2,1-2H3,(H,34,36)(H,37,40)(H,38,42)(H,39,41)(H,43,44). The van der Waals surface area contributed by atoms with Gasteiger partial charge in [0, 0.05) is 41.8 Å². The highest BCUT2D eigenvalue weighted by molar-refractivity contribution is 5.94. The summed E-state index contributed by atoms with van der Waals surface area (Å²) in [6.07, 6.45) is 5.65. The lowest BCUT2D eigenvalue weighted by Gasteiger charge is -2.28. The number of aromatic nitrogens is 3. The third-order valence-electron chi connectivity index (χ3n) is 7.75. The lowest BCUT2D eigenvalue weighted by molar-refractivity contribution is -0.142. The van der Waals surface area contributed by atoms with Gasteiger partial charge in [-0.2, -0.15) is 0 Å². The van der Waals surface area contributed by atoms with Crippen molar-refractivity contribution in [3.05, 3.63) is 90.1 Å². The summed E-state index contributed by atoms with van der Waals surface area (Å²) >= 11 is 0. The van der Waals surface area contributed by atoms with Crippen molar-refractivity contribution in [1.29, 1.82) is 0 Å². The Balaban J connectivity index is 1.48. The summed E-state index contributed by atoms with van der Waals surface area (Å²) in [5.41, 5.74) is 9.25. The number of carboxylic acids is 1. The first kappa shape index (κ1) is 32.0. The maximum Gasteiger partial charge on any atom is 0.326 e. The molecular weight excluding hydrogens is 562 g/mol. The summed E-state index contributed by atoms with van der Waals surface area (Å²) in [5.74, 6) is -3.31. The van der Waals surface area contributed by atoms with Gasteiger partial charge < -0.3 is 36.8 Å². The molecule has 4 rings (SSSR count). The largest absolute Gasteiger partial charge is 0.480 e. The fraction of sp³-hybridized carbons (Fsp3) is 0.344. The zero-order valence-electron chi connectivity index (χ0n) is 24.7. The monoisotopic (exact) mass is 601 g/mol. The number of amides is 3. The number of rotatable bonds is 15. The zero-order valence-corrected chi connectivity index (χ0v) is 24.7. The highest BCUT2D eigenvalue weighted by atomic mass is 16.4. The lowest BCUT2D eigenvalue weighted by atomic mass is 9.96. The van der Waals surface area contributed by atoms with Crippen molar-refractivity contribution < 1.29 is 24.3 Å². The van der Waals surface area contributed by atoms with Gasteiger partial charge in [-0.25, -0.2) is 9.78 Å². The average molecular weight is 602 g/mol. The molecule has 232 valence electrons. The van der Waals surface area contributed by atoms with E-state index in [9.17, 15) is 24.3 Å². The molecule has 0 bridgehead atoms. The van der Waals surface area contributed by atoms with Gasteiger partial charge in [-0.1, -0.05) is 68.8 Å². The van der Waals surface area contributed by atoms with E-state index in [0.717, 1.165) is 22.0 Å². The van der Waals surface area contributed by atoms with E-state index in [1.807, 2.05) is 61.5 Å². The fourth-order valence-corrected chi connectivity index (χ4v) is 5.00. The molecule has 8 N–H and O–H groups in total. The van der Waals surface area contributed by atoms with Crippen molar-refractivity contribution in [2.24, 2.45) is 11.7 Å². The van der Waals surface area contributed by atoms with Crippen LogP contribution in [0.1, 0.15) is 37.1 Å². The summed E-state index contributed by atoms with van der Waals surface area (Å²) < 4.78 is 0. The maximum atomic E-state index is 13.6. The SMILES string of the molecule is CCC(C)C(NC(=O)C(Cc1cnc[nH]1)NC(=O)C(N)Cc1ccccc1)C(=O)NC(Cc1c[nH]c2ccccc12)C(=O)O. The topological polar surface area (TPSA) is 195 Å². The number of hydrogen-bond donors (Lipinski definition) is 7. The van der Waals surface area contributed by atoms with Crippen molar-refractivity contribution in [3.63, 3.8) is 0 Å². The van der Waals surface area contributed by atoms with Crippen LogP contribution in [0.25, 0.3) is 10.9 Å². The minimum atomic E-state index is -1.23. The quantitative estimate of drug-likeness (QED) is 0.108. The molecular formula is C32H39N7O5. The van der Waals surface area contributed by atoms with Gasteiger partial charge in [0.25, 0.3) is 0 Å². The Labute approximate surface area is 255 Å². The summed E-state index contributed by atoms with van der Waals surface area (Å²) in [7, 11) is 0. The Morgan fingerprint density at radius 2 is 1.57 bits per heavy atom. The third kappa shape index (κ3) is 8.32. The smallest absolute Gasteiger partial charge is 0.326 e. The van der Waals surface area contributed by atoms with Crippen molar-refractivity contribution in [3.8, 4) is 0 Å². The Bertz CT molecular complexity index is 1550. The first-order chi connectivity index (χ1) is 21.2. The minimum absolute atomic E-state index is 0.0457. The number of hydrogen-bond acceptors (Lipinski definition) is 6. The van der Waals surface area contributed by atoms with Crippen LogP contribution in [0.2, 0.25) is 0 Å². The van der Waals surface area contributed by atoms with Crippen LogP contribution in [0.15, 0.2) is 73.3 Å². The molecule has 4 aromatic rings. The number of carbonyl (C=O) groups is 4. The van der Waals surface area contributed by atoms with Crippen molar-refractivity contribution >= 4 is 34.6 Å². The molecule has 12 heteroatoms. The second-order valence-electron chi connectivity index (χ2n) is 11.0. The van der Waals surface area contributed by atoms with Gasteiger partial charge in [0.2, 0.25) is 17.7 Å². The number of carboxylic acid groups (broad SMARTS) is 1. The predicted molar refractivity (Wildman–Crippen MR) is 165 cm³/mol. The van der Waals surface area contributed by atoms with Crippen molar-refractivity contribution in [2.75, 3.05) is 0 Å². The zero-order chi connectivity index (χ0) is 31.6.